The van der Waals surface area contributed by atoms with Gasteiger partial charge >= 0.3 is 5.97 Å². The second kappa shape index (κ2) is 17.6. The lowest BCUT2D eigenvalue weighted by molar-refractivity contribution is -0.142. The number of carbonyl (C=O) groups is 4. The van der Waals surface area contributed by atoms with E-state index in [9.17, 15) is 24.3 Å². The maximum atomic E-state index is 13.5. The number of guanidine groups is 1. The van der Waals surface area contributed by atoms with E-state index in [0.29, 0.717) is 24.3 Å². The second-order valence-electron chi connectivity index (χ2n) is 9.33. The van der Waals surface area contributed by atoms with E-state index >= 15 is 0 Å². The Hall–Kier alpha value is -4.11. The zero-order valence-corrected chi connectivity index (χ0v) is 23.7. The van der Waals surface area contributed by atoms with Crippen molar-refractivity contribution in [2.24, 2.45) is 22.2 Å². The van der Waals surface area contributed by atoms with E-state index in [-0.39, 0.29) is 31.8 Å². The highest BCUT2D eigenvalue weighted by Crippen LogP contribution is 2.08. The van der Waals surface area contributed by atoms with Crippen LogP contribution >= 0.6 is 11.8 Å². The van der Waals surface area contributed by atoms with Crippen molar-refractivity contribution in [3.63, 3.8) is 0 Å². The predicted molar refractivity (Wildman–Crippen MR) is 157 cm³/mol. The van der Waals surface area contributed by atoms with Gasteiger partial charge in [-0.3, -0.25) is 19.4 Å². The predicted octanol–water partition coefficient (Wildman–Crippen LogP) is -1.13. The Morgan fingerprint density at radius 2 is 1.63 bits per heavy atom. The maximum absolute atomic E-state index is 13.5. The first-order valence-corrected chi connectivity index (χ1v) is 14.4. The average molecular weight is 590 g/mol. The first-order valence-electron chi connectivity index (χ1n) is 13.1. The molecule has 0 aliphatic carbocycles. The molecular formula is C26H39N9O5S. The Kier molecular flexibility index (Phi) is 14.2. The van der Waals surface area contributed by atoms with Gasteiger partial charge < -0.3 is 43.2 Å². The zero-order chi connectivity index (χ0) is 30.2. The summed E-state index contributed by atoms with van der Waals surface area (Å²) in [7, 11) is 0. The quantitative estimate of drug-likeness (QED) is 0.0590. The SMILES string of the molecule is CSCCC(N)C(=O)NC(Cc1ccccc1)C(=O)NC(CCCN=C(N)N)C(=O)NC(Cc1cnc[nH]1)C(=O)O. The fourth-order valence-corrected chi connectivity index (χ4v) is 4.34. The van der Waals surface area contributed by atoms with Crippen LogP contribution in [0.5, 0.6) is 0 Å². The monoisotopic (exact) mass is 589 g/mol. The molecule has 4 atom stereocenters. The molecule has 0 radical (unpaired) electrons. The summed E-state index contributed by atoms with van der Waals surface area (Å²) in [5, 5.41) is 17.6. The molecule has 2 rings (SSSR count). The molecule has 0 aliphatic rings. The lowest BCUT2D eigenvalue weighted by Gasteiger charge is -2.25. The molecule has 14 nitrogen and oxygen atoms in total. The molecule has 1 aromatic carbocycles. The van der Waals surface area contributed by atoms with Gasteiger partial charge in [-0.15, -0.1) is 0 Å². The van der Waals surface area contributed by atoms with Crippen LogP contribution in [-0.2, 0) is 32.0 Å². The summed E-state index contributed by atoms with van der Waals surface area (Å²) in [6.07, 6.45) is 5.69. The average Bonchev–Trinajstić information content (AvgIpc) is 3.46. The van der Waals surface area contributed by atoms with Crippen molar-refractivity contribution in [3.8, 4) is 0 Å². The number of imidazole rings is 1. The number of aromatic amines is 1. The number of H-pyrrole nitrogens is 1. The number of benzene rings is 1. The van der Waals surface area contributed by atoms with Crippen LogP contribution in [0.2, 0.25) is 0 Å². The molecule has 2 aromatic rings. The molecule has 15 heteroatoms. The van der Waals surface area contributed by atoms with Crippen LogP contribution in [0.3, 0.4) is 0 Å². The highest BCUT2D eigenvalue weighted by molar-refractivity contribution is 7.98. The van der Waals surface area contributed by atoms with Gasteiger partial charge in [0.1, 0.15) is 18.1 Å². The number of nitrogens with two attached hydrogens (primary N) is 3. The van der Waals surface area contributed by atoms with Crippen LogP contribution < -0.4 is 33.2 Å². The Morgan fingerprint density at radius 3 is 2.24 bits per heavy atom. The first-order chi connectivity index (χ1) is 19.6. The minimum absolute atomic E-state index is 0.0453. The van der Waals surface area contributed by atoms with Crippen molar-refractivity contribution < 1.29 is 24.3 Å². The minimum atomic E-state index is -1.28. The summed E-state index contributed by atoms with van der Waals surface area (Å²) in [4.78, 5) is 62.0. The smallest absolute Gasteiger partial charge is 0.326 e. The van der Waals surface area contributed by atoms with Crippen LogP contribution in [-0.4, -0.2) is 87.4 Å². The molecule has 224 valence electrons. The molecule has 41 heavy (non-hydrogen) atoms. The number of hydrogen-bond donors (Lipinski definition) is 8. The van der Waals surface area contributed by atoms with Crippen LogP contribution in [0, 0.1) is 0 Å². The van der Waals surface area contributed by atoms with Crippen LogP contribution in [0.4, 0.5) is 0 Å². The Morgan fingerprint density at radius 1 is 0.976 bits per heavy atom. The summed E-state index contributed by atoms with van der Waals surface area (Å²) in [6.45, 7) is 0.187. The molecule has 0 saturated carbocycles. The molecule has 3 amide bonds. The Bertz CT molecular complexity index is 1140. The zero-order valence-electron chi connectivity index (χ0n) is 22.9. The van der Waals surface area contributed by atoms with Gasteiger partial charge in [-0.25, -0.2) is 9.78 Å². The van der Waals surface area contributed by atoms with Crippen molar-refractivity contribution in [3.05, 3.63) is 54.1 Å². The van der Waals surface area contributed by atoms with Crippen molar-refractivity contribution in [2.45, 2.75) is 56.3 Å². The molecule has 0 fully saturated rings. The topological polar surface area (TPSA) is 244 Å². The highest BCUT2D eigenvalue weighted by Gasteiger charge is 2.30. The molecule has 0 aliphatic heterocycles. The molecular weight excluding hydrogens is 550 g/mol. The van der Waals surface area contributed by atoms with Gasteiger partial charge in [0.2, 0.25) is 17.7 Å². The lowest BCUT2D eigenvalue weighted by Crippen LogP contribution is -2.57. The number of aromatic nitrogens is 2. The summed E-state index contributed by atoms with van der Waals surface area (Å²) >= 11 is 1.55. The molecule has 1 heterocycles. The van der Waals surface area contributed by atoms with Gasteiger partial charge in [0.25, 0.3) is 0 Å². The number of aliphatic imine (C=N–C) groups is 1. The van der Waals surface area contributed by atoms with Gasteiger partial charge in [0, 0.05) is 31.3 Å². The summed E-state index contributed by atoms with van der Waals surface area (Å²) in [5.74, 6) is -2.53. The van der Waals surface area contributed by atoms with Crippen molar-refractivity contribution in [2.75, 3.05) is 18.6 Å². The number of amides is 3. The highest BCUT2D eigenvalue weighted by atomic mass is 32.2. The van der Waals surface area contributed by atoms with E-state index in [1.807, 2.05) is 36.6 Å². The molecule has 0 spiro atoms. The second-order valence-corrected chi connectivity index (χ2v) is 10.3. The molecule has 0 saturated heterocycles. The lowest BCUT2D eigenvalue weighted by atomic mass is 10.0. The van der Waals surface area contributed by atoms with Crippen molar-refractivity contribution in [1.82, 2.24) is 25.9 Å². The number of nitrogens with one attached hydrogen (secondary N) is 4. The van der Waals surface area contributed by atoms with E-state index in [4.69, 9.17) is 17.2 Å². The van der Waals surface area contributed by atoms with E-state index in [1.165, 1.54) is 12.5 Å². The number of nitrogens with zero attached hydrogens (tertiary/aromatic N) is 2. The van der Waals surface area contributed by atoms with E-state index < -0.39 is 47.9 Å². The van der Waals surface area contributed by atoms with E-state index in [2.05, 4.69) is 30.9 Å². The fourth-order valence-electron chi connectivity index (χ4n) is 3.85. The van der Waals surface area contributed by atoms with Gasteiger partial charge in [-0.05, 0) is 36.8 Å². The molecule has 4 unspecified atom stereocenters. The maximum Gasteiger partial charge on any atom is 0.326 e. The minimum Gasteiger partial charge on any atom is -0.480 e. The number of carboxylic acids is 1. The number of hydrogen-bond acceptors (Lipinski definition) is 8. The number of aliphatic carboxylic acids is 1. The van der Waals surface area contributed by atoms with Crippen molar-refractivity contribution >= 4 is 41.4 Å². The standard InChI is InChI=1S/C26H39N9O5S/c1-41-11-9-18(27)22(36)34-20(12-16-6-3-2-4-7-16)24(38)33-19(8-5-10-31-26(28)29)23(37)35-21(25(39)40)13-17-14-30-15-32-17/h2-4,6-7,14-15,18-21H,5,8-13,27H2,1H3,(H,30,32)(H,33,38)(H,34,36)(H,35,37)(H,39,40)(H4,28,29,31). The third kappa shape index (κ3) is 12.3. The number of rotatable bonds is 18. The van der Waals surface area contributed by atoms with Crippen LogP contribution in [0.15, 0.2) is 47.8 Å². The van der Waals surface area contributed by atoms with Gasteiger partial charge in [-0.2, -0.15) is 11.8 Å². The first kappa shape index (κ1) is 33.1. The number of carboxylic acid groups (broad SMARTS) is 1. The normalized spacial score (nSPS) is 13.7. The number of thioether (sulfide) groups is 1. The van der Waals surface area contributed by atoms with Gasteiger partial charge in [0.05, 0.1) is 12.4 Å². The van der Waals surface area contributed by atoms with E-state index in [0.717, 1.165) is 5.56 Å². The van der Waals surface area contributed by atoms with Crippen molar-refractivity contribution in [1.29, 1.82) is 0 Å². The van der Waals surface area contributed by atoms with Crippen LogP contribution in [0.1, 0.15) is 30.5 Å². The third-order valence-electron chi connectivity index (χ3n) is 6.06. The largest absolute Gasteiger partial charge is 0.480 e. The van der Waals surface area contributed by atoms with Gasteiger partial charge in [-0.1, -0.05) is 30.3 Å². The Balaban J connectivity index is 2.22. The summed E-state index contributed by atoms with van der Waals surface area (Å²) in [6, 6.07) is 4.79. The van der Waals surface area contributed by atoms with Gasteiger partial charge in [0.15, 0.2) is 5.96 Å². The van der Waals surface area contributed by atoms with E-state index in [1.54, 1.807) is 11.8 Å². The van der Waals surface area contributed by atoms with Crippen LogP contribution in [0.25, 0.3) is 0 Å². The molecule has 0 bridgehead atoms. The summed E-state index contributed by atoms with van der Waals surface area (Å²) in [5.41, 5.74) is 18.1. The third-order valence-corrected chi connectivity index (χ3v) is 6.70. The molecule has 1 aromatic heterocycles. The number of carbonyl (C=O) groups excluding carboxylic acids is 3. The fraction of sp³-hybridized carbons (Fsp3) is 0.462. The Labute approximate surface area is 242 Å². The molecule has 11 N–H and O–H groups in total. The summed E-state index contributed by atoms with van der Waals surface area (Å²) < 4.78 is 0.